The second-order valence-corrected chi connectivity index (χ2v) is 2.93. The van der Waals surface area contributed by atoms with Crippen LogP contribution in [0.1, 0.15) is 18.5 Å². The van der Waals surface area contributed by atoms with Gasteiger partial charge in [-0.05, 0) is 0 Å². The van der Waals surface area contributed by atoms with Gasteiger partial charge in [-0.2, -0.15) is 0 Å². The maximum atomic E-state index is 3.31. The van der Waals surface area contributed by atoms with Gasteiger partial charge in [0.15, 0.2) is 0 Å². The van der Waals surface area contributed by atoms with Crippen molar-refractivity contribution in [1.29, 1.82) is 0 Å². The predicted octanol–water partition coefficient (Wildman–Crippen LogP) is 1.84. The first-order valence-electron chi connectivity index (χ1n) is 3.71. The minimum atomic E-state index is 0.442. The van der Waals surface area contributed by atoms with Crippen LogP contribution < -0.4 is 5.32 Å². The van der Waals surface area contributed by atoms with Crippen LogP contribution in [-0.2, 0) is 16.3 Å². The van der Waals surface area contributed by atoms with Crippen LogP contribution in [0.15, 0.2) is 30.3 Å². The van der Waals surface area contributed by atoms with E-state index in [4.69, 9.17) is 0 Å². The molecule has 1 nitrogen and oxygen atoms in total. The van der Waals surface area contributed by atoms with Crippen molar-refractivity contribution in [3.8, 4) is 0 Å². The van der Waals surface area contributed by atoms with Crippen molar-refractivity contribution >= 4 is 0 Å². The van der Waals surface area contributed by atoms with Gasteiger partial charge in [-0.15, -0.1) is 0 Å². The molecule has 0 heterocycles. The van der Waals surface area contributed by atoms with E-state index in [1.54, 1.807) is 0 Å². The van der Waals surface area contributed by atoms with Gasteiger partial charge in [-0.25, -0.2) is 0 Å². The van der Waals surface area contributed by atoms with Gasteiger partial charge in [0.2, 0.25) is 0 Å². The third-order valence-electron chi connectivity index (χ3n) is 1.69. The Morgan fingerprint density at radius 1 is 1.36 bits per heavy atom. The Balaban J connectivity index is 2.61. The molecule has 1 atom stereocenters. The molecule has 59 valence electrons. The second-order valence-electron chi connectivity index (χ2n) is 2.48. The normalized spacial score (nSPS) is 12.8. The molecule has 0 fully saturated rings. The summed E-state index contributed by atoms with van der Waals surface area (Å²) in [5.74, 6) is 0. The Hall–Kier alpha value is -0.288. The van der Waals surface area contributed by atoms with Gasteiger partial charge in [0.05, 0.1) is 0 Å². The van der Waals surface area contributed by atoms with Crippen LogP contribution in [-0.4, -0.2) is 5.41 Å². The molecule has 0 radical (unpaired) electrons. The summed E-state index contributed by atoms with van der Waals surface area (Å²) in [6.07, 6.45) is 0. The first kappa shape index (κ1) is 8.81. The summed E-state index contributed by atoms with van der Waals surface area (Å²) < 4.78 is 0. The second kappa shape index (κ2) is 4.56. The summed E-state index contributed by atoms with van der Waals surface area (Å²) in [5, 5.41) is 4.21. The number of hydrogen-bond donors (Lipinski definition) is 1. The average molecular weight is 186 g/mol. The van der Waals surface area contributed by atoms with Crippen LogP contribution in [0.5, 0.6) is 0 Å². The van der Waals surface area contributed by atoms with Crippen LogP contribution in [0, 0.1) is 0 Å². The first-order valence-corrected chi connectivity index (χ1v) is 4.61. The van der Waals surface area contributed by atoms with E-state index in [0.717, 1.165) is 5.41 Å². The van der Waals surface area contributed by atoms with Crippen molar-refractivity contribution in [2.75, 3.05) is 5.41 Å². The van der Waals surface area contributed by atoms with Gasteiger partial charge in [0.1, 0.15) is 0 Å². The number of benzene rings is 1. The van der Waals surface area contributed by atoms with Gasteiger partial charge in [0, 0.05) is 0 Å². The zero-order valence-corrected chi connectivity index (χ0v) is 7.85. The van der Waals surface area contributed by atoms with Crippen LogP contribution in [0.4, 0.5) is 0 Å². The molecule has 1 aromatic rings. The summed E-state index contributed by atoms with van der Waals surface area (Å²) in [4.78, 5) is 0. The van der Waals surface area contributed by atoms with Crippen molar-refractivity contribution in [3.05, 3.63) is 35.9 Å². The van der Waals surface area contributed by atoms with Crippen molar-refractivity contribution < 1.29 is 16.3 Å². The molecule has 0 saturated carbocycles. The van der Waals surface area contributed by atoms with Gasteiger partial charge in [0.25, 0.3) is 0 Å². The molecule has 1 N–H and O–H groups in total. The number of rotatable bonds is 3. The number of hydrogen-bond acceptors (Lipinski definition) is 1. The molecule has 2 heteroatoms. The molecule has 1 rings (SSSR count). The van der Waals surface area contributed by atoms with Crippen molar-refractivity contribution in [2.24, 2.45) is 0 Å². The SMILES string of the molecule is CC(N[CH2][Cr])c1ccccc1. The van der Waals surface area contributed by atoms with Crippen LogP contribution >= 0.6 is 0 Å². The van der Waals surface area contributed by atoms with E-state index in [-0.39, 0.29) is 0 Å². The van der Waals surface area contributed by atoms with Gasteiger partial charge >= 0.3 is 75.9 Å². The average Bonchev–Trinajstić information content (AvgIpc) is 2.07. The van der Waals surface area contributed by atoms with Crippen LogP contribution in [0.3, 0.4) is 0 Å². The van der Waals surface area contributed by atoms with E-state index < -0.39 is 0 Å². The fourth-order valence-electron chi connectivity index (χ4n) is 0.985. The Labute approximate surface area is 76.2 Å². The first-order chi connectivity index (χ1) is 5.34. The van der Waals surface area contributed by atoms with Gasteiger partial charge in [-0.1, -0.05) is 0 Å². The molecule has 0 amide bonds. The van der Waals surface area contributed by atoms with Crippen molar-refractivity contribution in [2.45, 2.75) is 13.0 Å². The molecule has 11 heavy (non-hydrogen) atoms. The molecule has 0 spiro atoms. The zero-order valence-electron chi connectivity index (χ0n) is 6.58. The molecule has 1 unspecified atom stereocenters. The van der Waals surface area contributed by atoms with Gasteiger partial charge < -0.3 is 0 Å². The molecular weight excluding hydrogens is 174 g/mol. The molecule has 1 aromatic carbocycles. The third-order valence-corrected chi connectivity index (χ3v) is 1.95. The zero-order chi connectivity index (χ0) is 8.10. The maximum absolute atomic E-state index is 3.31. The summed E-state index contributed by atoms with van der Waals surface area (Å²) >= 11 is 2.93. The monoisotopic (exact) mass is 186 g/mol. The molecular formula is C9H12CrN. The van der Waals surface area contributed by atoms with Crippen molar-refractivity contribution in [3.63, 3.8) is 0 Å². The molecule has 0 bridgehead atoms. The van der Waals surface area contributed by atoms with E-state index >= 15 is 0 Å². The van der Waals surface area contributed by atoms with E-state index in [1.165, 1.54) is 5.56 Å². The Morgan fingerprint density at radius 3 is 2.55 bits per heavy atom. The minimum absolute atomic E-state index is 0.442. The van der Waals surface area contributed by atoms with E-state index in [0.29, 0.717) is 6.04 Å². The van der Waals surface area contributed by atoms with Crippen LogP contribution in [0.2, 0.25) is 0 Å². The summed E-state index contributed by atoms with van der Waals surface area (Å²) in [7, 11) is 0. The molecule has 0 saturated heterocycles. The standard InChI is InChI=1S/C9H12N.Cr/c1-8(10-2)9-6-4-3-5-7-9;/h3-8,10H,2H2,1H3;. The third kappa shape index (κ3) is 2.67. The molecule has 0 aliphatic rings. The Morgan fingerprint density at radius 2 is 2.00 bits per heavy atom. The predicted molar refractivity (Wildman–Crippen MR) is 42.9 cm³/mol. The Bertz CT molecular complexity index is 198. The number of nitrogens with one attached hydrogen (secondary N) is 1. The van der Waals surface area contributed by atoms with Gasteiger partial charge in [-0.3, -0.25) is 0 Å². The Kier molecular flexibility index (Phi) is 3.65. The van der Waals surface area contributed by atoms with Crippen molar-refractivity contribution in [1.82, 2.24) is 5.32 Å². The van der Waals surface area contributed by atoms with E-state index in [2.05, 4.69) is 52.8 Å². The topological polar surface area (TPSA) is 12.0 Å². The fourth-order valence-corrected chi connectivity index (χ4v) is 1.37. The molecule has 0 aromatic heterocycles. The summed E-state index contributed by atoms with van der Waals surface area (Å²) in [6, 6.07) is 10.9. The summed E-state index contributed by atoms with van der Waals surface area (Å²) in [6.45, 7) is 2.16. The van der Waals surface area contributed by atoms with E-state index in [1.807, 2.05) is 6.07 Å². The molecule has 0 aliphatic heterocycles. The van der Waals surface area contributed by atoms with E-state index in [9.17, 15) is 0 Å². The molecule has 0 aliphatic carbocycles. The summed E-state index contributed by atoms with van der Waals surface area (Å²) in [5.41, 5.74) is 1.34. The fraction of sp³-hybridized carbons (Fsp3) is 0.333. The van der Waals surface area contributed by atoms with Crippen LogP contribution in [0.25, 0.3) is 0 Å². The quantitative estimate of drug-likeness (QED) is 0.759.